The fourth-order valence-electron chi connectivity index (χ4n) is 2.74. The molecule has 24 heavy (non-hydrogen) atoms. The average molecular weight is 346 g/mol. The first kappa shape index (κ1) is 16.6. The highest BCUT2D eigenvalue weighted by Gasteiger charge is 2.20. The van der Waals surface area contributed by atoms with Crippen LogP contribution in [0, 0.1) is 0 Å². The van der Waals surface area contributed by atoms with Gasteiger partial charge in [0.2, 0.25) is 5.95 Å². The second kappa shape index (κ2) is 7.57. The molecule has 0 aromatic carbocycles. The van der Waals surface area contributed by atoms with E-state index in [1.165, 1.54) is 12.6 Å². The molecule has 6 nitrogen and oxygen atoms in total. The van der Waals surface area contributed by atoms with Gasteiger partial charge in [0.15, 0.2) is 5.69 Å². The smallest absolute Gasteiger partial charge is 0.272 e. The number of halogens is 1. The maximum absolute atomic E-state index is 12.6. The normalized spacial score (nSPS) is 15.8. The molecule has 1 N–H and O–H groups in total. The number of carbonyl (C=O) groups is 1. The standard InChI is InChI=1S/C17H20ClN5O/c1-12(13-6-5-7-19-10-13)21-16(24)15-14(18)11-20-17(22-15)23-8-3-2-4-9-23/h5-7,10-12H,2-4,8-9H2,1H3,(H,21,24)/t12-/m0/s1. The van der Waals surface area contributed by atoms with Crippen molar-refractivity contribution in [1.29, 1.82) is 0 Å². The van der Waals surface area contributed by atoms with Crippen molar-refractivity contribution in [2.75, 3.05) is 18.0 Å². The molecule has 7 heteroatoms. The Morgan fingerprint density at radius 3 is 2.79 bits per heavy atom. The Bertz CT molecular complexity index is 703. The summed E-state index contributed by atoms with van der Waals surface area (Å²) in [5.74, 6) is 0.260. The fourth-order valence-corrected chi connectivity index (χ4v) is 2.92. The molecule has 126 valence electrons. The lowest BCUT2D eigenvalue weighted by Gasteiger charge is -2.26. The van der Waals surface area contributed by atoms with Crippen LogP contribution in [0.3, 0.4) is 0 Å². The molecule has 2 aromatic heterocycles. The summed E-state index contributed by atoms with van der Waals surface area (Å²) in [5.41, 5.74) is 1.13. The third-order valence-corrected chi connectivity index (χ3v) is 4.39. The van der Waals surface area contributed by atoms with E-state index in [-0.39, 0.29) is 22.7 Å². The zero-order valence-corrected chi connectivity index (χ0v) is 14.3. The summed E-state index contributed by atoms with van der Waals surface area (Å²) < 4.78 is 0. The molecule has 1 amide bonds. The van der Waals surface area contributed by atoms with Crippen LogP contribution >= 0.6 is 11.6 Å². The first-order chi connectivity index (χ1) is 11.6. The Hall–Kier alpha value is -2.21. The molecule has 0 bridgehead atoms. The van der Waals surface area contributed by atoms with Crippen molar-refractivity contribution in [3.05, 3.63) is 47.0 Å². The van der Waals surface area contributed by atoms with Crippen molar-refractivity contribution in [2.45, 2.75) is 32.2 Å². The van der Waals surface area contributed by atoms with Gasteiger partial charge in [0.05, 0.1) is 17.3 Å². The van der Waals surface area contributed by atoms with Gasteiger partial charge in [0.25, 0.3) is 5.91 Å². The van der Waals surface area contributed by atoms with E-state index in [2.05, 4.69) is 25.2 Å². The molecular formula is C17H20ClN5O. The molecule has 1 aliphatic heterocycles. The number of pyridine rings is 1. The molecule has 1 aliphatic rings. The molecule has 0 aliphatic carbocycles. The van der Waals surface area contributed by atoms with E-state index in [9.17, 15) is 4.79 Å². The highest BCUT2D eigenvalue weighted by Crippen LogP contribution is 2.20. The van der Waals surface area contributed by atoms with Gasteiger partial charge in [0, 0.05) is 25.5 Å². The fraction of sp³-hybridized carbons (Fsp3) is 0.412. The topological polar surface area (TPSA) is 71.0 Å². The highest BCUT2D eigenvalue weighted by atomic mass is 35.5. The van der Waals surface area contributed by atoms with Crippen LogP contribution in [0.25, 0.3) is 0 Å². The van der Waals surface area contributed by atoms with Gasteiger partial charge in [-0.3, -0.25) is 9.78 Å². The molecule has 1 atom stereocenters. The summed E-state index contributed by atoms with van der Waals surface area (Å²) >= 11 is 6.14. The molecule has 0 spiro atoms. The molecule has 3 heterocycles. The van der Waals surface area contributed by atoms with E-state index < -0.39 is 0 Å². The van der Waals surface area contributed by atoms with Crippen molar-refractivity contribution in [2.24, 2.45) is 0 Å². The lowest BCUT2D eigenvalue weighted by molar-refractivity contribution is 0.0935. The van der Waals surface area contributed by atoms with Crippen LogP contribution in [0.5, 0.6) is 0 Å². The van der Waals surface area contributed by atoms with Crippen LogP contribution in [0.1, 0.15) is 48.3 Å². The second-order valence-electron chi connectivity index (χ2n) is 5.90. The minimum Gasteiger partial charge on any atom is -0.344 e. The van der Waals surface area contributed by atoms with E-state index >= 15 is 0 Å². The van der Waals surface area contributed by atoms with Crippen LogP contribution < -0.4 is 10.2 Å². The zero-order chi connectivity index (χ0) is 16.9. The van der Waals surface area contributed by atoms with Crippen molar-refractivity contribution >= 4 is 23.5 Å². The third kappa shape index (κ3) is 3.82. The molecule has 0 unspecified atom stereocenters. The van der Waals surface area contributed by atoms with Crippen LogP contribution in [0.4, 0.5) is 5.95 Å². The Morgan fingerprint density at radius 1 is 1.29 bits per heavy atom. The van der Waals surface area contributed by atoms with Crippen molar-refractivity contribution < 1.29 is 4.79 Å². The van der Waals surface area contributed by atoms with E-state index in [0.29, 0.717) is 5.95 Å². The van der Waals surface area contributed by atoms with Gasteiger partial charge in [-0.05, 0) is 37.8 Å². The predicted octanol–water partition coefficient (Wildman–Crippen LogP) is 3.01. The maximum atomic E-state index is 12.6. The van der Waals surface area contributed by atoms with Gasteiger partial charge < -0.3 is 10.2 Å². The maximum Gasteiger partial charge on any atom is 0.272 e. The molecular weight excluding hydrogens is 326 g/mol. The highest BCUT2D eigenvalue weighted by molar-refractivity contribution is 6.33. The number of hydrogen-bond donors (Lipinski definition) is 1. The lowest BCUT2D eigenvalue weighted by atomic mass is 10.1. The summed E-state index contributed by atoms with van der Waals surface area (Å²) in [6, 6.07) is 3.57. The Balaban J connectivity index is 1.76. The number of carbonyl (C=O) groups excluding carboxylic acids is 1. The number of hydrogen-bond acceptors (Lipinski definition) is 5. The number of amides is 1. The molecule has 1 saturated heterocycles. The number of nitrogens with one attached hydrogen (secondary N) is 1. The van der Waals surface area contributed by atoms with Gasteiger partial charge in [-0.15, -0.1) is 0 Å². The monoisotopic (exact) mass is 345 g/mol. The minimum absolute atomic E-state index is 0.185. The quantitative estimate of drug-likeness (QED) is 0.922. The summed E-state index contributed by atoms with van der Waals surface area (Å²) in [5, 5.41) is 3.17. The minimum atomic E-state index is -0.308. The Morgan fingerprint density at radius 2 is 2.08 bits per heavy atom. The van der Waals surface area contributed by atoms with Crippen molar-refractivity contribution in [1.82, 2.24) is 20.3 Å². The first-order valence-corrected chi connectivity index (χ1v) is 8.51. The third-order valence-electron chi connectivity index (χ3n) is 4.12. The molecule has 0 saturated carbocycles. The number of aromatic nitrogens is 3. The number of rotatable bonds is 4. The summed E-state index contributed by atoms with van der Waals surface area (Å²) in [7, 11) is 0. The number of nitrogens with zero attached hydrogens (tertiary/aromatic N) is 4. The van der Waals surface area contributed by atoms with Gasteiger partial charge in [-0.25, -0.2) is 9.97 Å². The summed E-state index contributed by atoms with van der Waals surface area (Å²) in [6.45, 7) is 3.72. The van der Waals surface area contributed by atoms with Crippen molar-refractivity contribution in [3.63, 3.8) is 0 Å². The van der Waals surface area contributed by atoms with E-state index in [1.807, 2.05) is 19.1 Å². The lowest BCUT2D eigenvalue weighted by Crippen LogP contribution is -2.32. The largest absolute Gasteiger partial charge is 0.344 e. The van der Waals surface area contributed by atoms with Gasteiger partial charge in [-0.2, -0.15) is 0 Å². The van der Waals surface area contributed by atoms with Crippen LogP contribution in [-0.4, -0.2) is 33.9 Å². The van der Waals surface area contributed by atoms with E-state index in [0.717, 1.165) is 31.5 Å². The molecule has 3 rings (SSSR count). The summed E-state index contributed by atoms with van der Waals surface area (Å²) in [6.07, 6.45) is 8.38. The van der Waals surface area contributed by atoms with Gasteiger partial charge in [-0.1, -0.05) is 17.7 Å². The van der Waals surface area contributed by atoms with Crippen LogP contribution in [0.2, 0.25) is 5.02 Å². The van der Waals surface area contributed by atoms with E-state index in [4.69, 9.17) is 11.6 Å². The number of piperidine rings is 1. The second-order valence-corrected chi connectivity index (χ2v) is 6.30. The van der Waals surface area contributed by atoms with Crippen LogP contribution in [-0.2, 0) is 0 Å². The Kier molecular flexibility index (Phi) is 5.25. The first-order valence-electron chi connectivity index (χ1n) is 8.13. The number of anilines is 1. The SMILES string of the molecule is C[C@H](NC(=O)c1nc(N2CCCCC2)ncc1Cl)c1cccnc1. The van der Waals surface area contributed by atoms with E-state index in [1.54, 1.807) is 12.4 Å². The molecule has 0 radical (unpaired) electrons. The predicted molar refractivity (Wildman–Crippen MR) is 93.2 cm³/mol. The van der Waals surface area contributed by atoms with Crippen molar-refractivity contribution in [3.8, 4) is 0 Å². The average Bonchev–Trinajstić information content (AvgIpc) is 2.63. The Labute approximate surface area is 146 Å². The van der Waals surface area contributed by atoms with Gasteiger partial charge in [0.1, 0.15) is 0 Å². The molecule has 2 aromatic rings. The summed E-state index contributed by atoms with van der Waals surface area (Å²) in [4.78, 5) is 27.4. The zero-order valence-electron chi connectivity index (χ0n) is 13.6. The molecule has 1 fully saturated rings. The van der Waals surface area contributed by atoms with Crippen LogP contribution in [0.15, 0.2) is 30.7 Å². The van der Waals surface area contributed by atoms with Gasteiger partial charge >= 0.3 is 0 Å².